The van der Waals surface area contributed by atoms with Gasteiger partial charge >= 0.3 is 0 Å². The second-order valence-corrected chi connectivity index (χ2v) is 3.62. The Kier molecular flexibility index (Phi) is 4.02. The third-order valence-corrected chi connectivity index (χ3v) is 2.62. The second kappa shape index (κ2) is 5.07. The highest BCUT2D eigenvalue weighted by atomic mass is 32.2. The summed E-state index contributed by atoms with van der Waals surface area (Å²) in [4.78, 5) is 18.1. The Bertz CT molecular complexity index is 322. The third-order valence-electron chi connectivity index (χ3n) is 1.88. The summed E-state index contributed by atoms with van der Waals surface area (Å²) in [6.07, 6.45) is 6.38. The molecule has 0 bridgehead atoms. The van der Waals surface area contributed by atoms with Gasteiger partial charge in [-0.1, -0.05) is 13.3 Å². The van der Waals surface area contributed by atoms with Gasteiger partial charge in [-0.15, -0.1) is 11.8 Å². The molecular weight excluding hydrogens is 184 g/mol. The van der Waals surface area contributed by atoms with Crippen molar-refractivity contribution < 1.29 is 0 Å². The molecule has 0 aromatic carbocycles. The van der Waals surface area contributed by atoms with Crippen LogP contribution < -0.4 is 5.56 Å². The average Bonchev–Trinajstić information content (AvgIpc) is 2.15. The molecule has 1 heterocycles. The van der Waals surface area contributed by atoms with Crippen LogP contribution in [0, 0.1) is 0 Å². The quantitative estimate of drug-likeness (QED) is 0.593. The molecule has 1 aromatic rings. The molecule has 13 heavy (non-hydrogen) atoms. The normalized spacial score (nSPS) is 10.3. The van der Waals surface area contributed by atoms with Gasteiger partial charge in [0.2, 0.25) is 0 Å². The fourth-order valence-electron chi connectivity index (χ4n) is 1.16. The Labute approximate surface area is 82.0 Å². The van der Waals surface area contributed by atoms with E-state index < -0.39 is 0 Å². The predicted octanol–water partition coefficient (Wildman–Crippen LogP) is 1.83. The molecule has 0 amide bonds. The van der Waals surface area contributed by atoms with Gasteiger partial charge in [-0.05, 0) is 19.1 Å². The number of aromatic amines is 1. The van der Waals surface area contributed by atoms with Crippen molar-refractivity contribution in [3.63, 3.8) is 0 Å². The van der Waals surface area contributed by atoms with Crippen molar-refractivity contribution >= 4 is 11.8 Å². The van der Waals surface area contributed by atoms with E-state index in [1.807, 2.05) is 6.26 Å². The van der Waals surface area contributed by atoms with Crippen molar-refractivity contribution in [3.05, 3.63) is 22.2 Å². The van der Waals surface area contributed by atoms with Crippen LogP contribution in [0.3, 0.4) is 0 Å². The molecule has 0 spiro atoms. The maximum absolute atomic E-state index is 11.4. The van der Waals surface area contributed by atoms with Gasteiger partial charge in [-0.2, -0.15) is 0 Å². The molecule has 0 unspecified atom stereocenters. The van der Waals surface area contributed by atoms with E-state index in [1.54, 1.807) is 0 Å². The van der Waals surface area contributed by atoms with Crippen molar-refractivity contribution in [3.8, 4) is 0 Å². The first-order valence-corrected chi connectivity index (χ1v) is 5.62. The summed E-state index contributed by atoms with van der Waals surface area (Å²) >= 11 is 1.53. The van der Waals surface area contributed by atoms with Gasteiger partial charge in [-0.3, -0.25) is 4.79 Å². The fourth-order valence-corrected chi connectivity index (χ4v) is 1.76. The summed E-state index contributed by atoms with van der Waals surface area (Å²) in [7, 11) is 0. The van der Waals surface area contributed by atoms with Crippen LogP contribution in [-0.4, -0.2) is 16.2 Å². The lowest BCUT2D eigenvalue weighted by atomic mass is 10.1. The van der Waals surface area contributed by atoms with Gasteiger partial charge in [0, 0.05) is 5.56 Å². The first kappa shape index (κ1) is 10.3. The Balaban J connectivity index is 2.94. The molecule has 0 fully saturated rings. The summed E-state index contributed by atoms with van der Waals surface area (Å²) in [5.74, 6) is 0. The summed E-state index contributed by atoms with van der Waals surface area (Å²) in [5, 5.41) is 0.859. The average molecular weight is 198 g/mol. The fraction of sp³-hybridized carbons (Fsp3) is 0.556. The number of nitrogens with one attached hydrogen (secondary N) is 1. The zero-order chi connectivity index (χ0) is 9.68. The minimum atomic E-state index is 0.00722. The summed E-state index contributed by atoms with van der Waals surface area (Å²) in [6, 6.07) is 0. The molecule has 1 rings (SSSR count). The van der Waals surface area contributed by atoms with Gasteiger partial charge in [0.15, 0.2) is 0 Å². The van der Waals surface area contributed by atoms with E-state index in [0.29, 0.717) is 0 Å². The molecular formula is C9H14N2OS. The summed E-state index contributed by atoms with van der Waals surface area (Å²) in [5.41, 5.74) is 0.838. The first-order chi connectivity index (χ1) is 6.29. The van der Waals surface area contributed by atoms with Crippen LogP contribution in [0.2, 0.25) is 0 Å². The number of thioether (sulfide) groups is 1. The van der Waals surface area contributed by atoms with E-state index in [9.17, 15) is 4.79 Å². The number of hydrogen-bond donors (Lipinski definition) is 1. The topological polar surface area (TPSA) is 45.8 Å². The number of aromatic nitrogens is 2. The van der Waals surface area contributed by atoms with Crippen LogP contribution in [0.25, 0.3) is 0 Å². The van der Waals surface area contributed by atoms with Gasteiger partial charge in [-0.25, -0.2) is 4.98 Å². The highest BCUT2D eigenvalue weighted by Crippen LogP contribution is 2.14. The molecule has 0 aliphatic rings. The van der Waals surface area contributed by atoms with Gasteiger partial charge in [0.1, 0.15) is 5.03 Å². The van der Waals surface area contributed by atoms with E-state index in [1.165, 1.54) is 18.1 Å². The maximum Gasteiger partial charge on any atom is 0.255 e. The summed E-state index contributed by atoms with van der Waals surface area (Å²) in [6.45, 7) is 2.11. The molecule has 0 radical (unpaired) electrons. The van der Waals surface area contributed by atoms with Crippen LogP contribution in [0.5, 0.6) is 0 Å². The number of hydrogen-bond acceptors (Lipinski definition) is 3. The monoisotopic (exact) mass is 198 g/mol. The molecule has 4 heteroatoms. The van der Waals surface area contributed by atoms with E-state index in [4.69, 9.17) is 0 Å². The minimum absolute atomic E-state index is 0.00722. The molecule has 1 N–H and O–H groups in total. The molecule has 0 saturated heterocycles. The number of unbranched alkanes of at least 4 members (excludes halogenated alkanes) is 1. The summed E-state index contributed by atoms with van der Waals surface area (Å²) < 4.78 is 0. The number of rotatable bonds is 4. The Morgan fingerprint density at radius 1 is 1.62 bits per heavy atom. The molecule has 0 aliphatic heterocycles. The van der Waals surface area contributed by atoms with Gasteiger partial charge < -0.3 is 4.98 Å². The number of nitrogens with zero attached hydrogens (tertiary/aromatic N) is 1. The van der Waals surface area contributed by atoms with Crippen molar-refractivity contribution in [2.45, 2.75) is 31.2 Å². The van der Waals surface area contributed by atoms with Crippen molar-refractivity contribution in [1.82, 2.24) is 9.97 Å². The standard InChI is InChI=1S/C9H14N2OS/c1-3-4-5-7-8(12)10-6-11-9(7)13-2/h6H,3-5H2,1-2H3,(H,10,11,12). The van der Waals surface area contributed by atoms with Gasteiger partial charge in [0.25, 0.3) is 5.56 Å². The van der Waals surface area contributed by atoms with Crippen LogP contribution in [0.4, 0.5) is 0 Å². The first-order valence-electron chi connectivity index (χ1n) is 4.40. The molecule has 72 valence electrons. The molecule has 0 saturated carbocycles. The van der Waals surface area contributed by atoms with Crippen molar-refractivity contribution in [2.75, 3.05) is 6.26 Å². The van der Waals surface area contributed by atoms with E-state index in [0.717, 1.165) is 29.9 Å². The lowest BCUT2D eigenvalue weighted by Gasteiger charge is -2.02. The zero-order valence-corrected chi connectivity index (χ0v) is 8.78. The van der Waals surface area contributed by atoms with Crippen molar-refractivity contribution in [1.29, 1.82) is 0 Å². The molecule has 1 aromatic heterocycles. The highest BCUT2D eigenvalue weighted by Gasteiger charge is 2.06. The SMILES string of the molecule is CCCCc1c(SC)nc[nH]c1=O. The Morgan fingerprint density at radius 3 is 3.00 bits per heavy atom. The minimum Gasteiger partial charge on any atom is -0.313 e. The van der Waals surface area contributed by atoms with E-state index >= 15 is 0 Å². The lowest BCUT2D eigenvalue weighted by Crippen LogP contribution is -2.14. The van der Waals surface area contributed by atoms with Gasteiger partial charge in [0.05, 0.1) is 6.33 Å². The highest BCUT2D eigenvalue weighted by molar-refractivity contribution is 7.98. The molecule has 0 aliphatic carbocycles. The maximum atomic E-state index is 11.4. The predicted molar refractivity (Wildman–Crippen MR) is 55.3 cm³/mol. The zero-order valence-electron chi connectivity index (χ0n) is 7.96. The lowest BCUT2D eigenvalue weighted by molar-refractivity contribution is 0.760. The van der Waals surface area contributed by atoms with Crippen LogP contribution in [0.15, 0.2) is 16.1 Å². The molecule has 0 atom stereocenters. The van der Waals surface area contributed by atoms with E-state index in [-0.39, 0.29) is 5.56 Å². The third kappa shape index (κ3) is 2.59. The Hall–Kier alpha value is -0.770. The van der Waals surface area contributed by atoms with Crippen LogP contribution >= 0.6 is 11.8 Å². The number of H-pyrrole nitrogens is 1. The second-order valence-electron chi connectivity index (χ2n) is 2.82. The largest absolute Gasteiger partial charge is 0.313 e. The smallest absolute Gasteiger partial charge is 0.255 e. The Morgan fingerprint density at radius 2 is 2.38 bits per heavy atom. The van der Waals surface area contributed by atoms with Crippen LogP contribution in [-0.2, 0) is 6.42 Å². The van der Waals surface area contributed by atoms with Crippen molar-refractivity contribution in [2.24, 2.45) is 0 Å². The van der Waals surface area contributed by atoms with E-state index in [2.05, 4.69) is 16.9 Å². The molecule has 3 nitrogen and oxygen atoms in total. The van der Waals surface area contributed by atoms with Crippen LogP contribution in [0.1, 0.15) is 25.3 Å².